The van der Waals surface area contributed by atoms with Gasteiger partial charge in [-0.25, -0.2) is 4.79 Å². The van der Waals surface area contributed by atoms with Gasteiger partial charge in [0.2, 0.25) is 11.8 Å². The monoisotopic (exact) mass is 493 g/mol. The van der Waals surface area contributed by atoms with E-state index in [-0.39, 0.29) is 30.0 Å². The van der Waals surface area contributed by atoms with Gasteiger partial charge in [0.1, 0.15) is 22.9 Å². The fourth-order valence-electron chi connectivity index (χ4n) is 4.17. The minimum absolute atomic E-state index is 0.111. The molecule has 2 heterocycles. The first-order chi connectivity index (χ1) is 16.0. The molecule has 0 spiro atoms. The number of amides is 2. The van der Waals surface area contributed by atoms with E-state index in [0.29, 0.717) is 36.3 Å². The van der Waals surface area contributed by atoms with Gasteiger partial charge < -0.3 is 24.8 Å². The zero-order valence-electron chi connectivity index (χ0n) is 19.8. The Morgan fingerprint density at radius 3 is 2.38 bits per heavy atom. The first-order valence-corrected chi connectivity index (χ1v) is 11.8. The van der Waals surface area contributed by atoms with Gasteiger partial charge in [-0.05, 0) is 39.0 Å². The maximum absolute atomic E-state index is 13.2. The number of aromatic nitrogens is 3. The Kier molecular flexibility index (Phi) is 8.01. The maximum Gasteiger partial charge on any atom is 0.326 e. The normalized spacial score (nSPS) is 16.9. The molecule has 0 radical (unpaired) electrons. The average molecular weight is 494 g/mol. The minimum Gasteiger partial charge on any atom is -0.480 e. The summed E-state index contributed by atoms with van der Waals surface area (Å²) >= 11 is 4.38. The number of nitrogens with one attached hydrogen (secondary N) is 2. The van der Waals surface area contributed by atoms with E-state index in [1.54, 1.807) is 13.8 Å². The highest BCUT2D eigenvalue weighted by molar-refractivity contribution is 7.81. The standard InChI is InChI=1S/C22H31N5O6S/c1-11(2)9-15(34)18(28)25-22(7-5-6-8-22)21(31)23-14(20(29)30)10-16-24-19(33-27-16)17-12(3)26-32-13(17)4/h11,14-15,34H,5-10H2,1-4H3,(H,23,31)(H,25,28)(H,29,30)/t14?,15-/m0/s1. The minimum atomic E-state index is -1.31. The zero-order chi connectivity index (χ0) is 25.0. The van der Waals surface area contributed by atoms with Gasteiger partial charge in [-0.2, -0.15) is 17.6 Å². The second kappa shape index (κ2) is 10.6. The molecule has 34 heavy (non-hydrogen) atoms. The van der Waals surface area contributed by atoms with Gasteiger partial charge in [-0.15, -0.1) is 0 Å². The molecule has 2 amide bonds. The zero-order valence-corrected chi connectivity index (χ0v) is 20.6. The van der Waals surface area contributed by atoms with Gasteiger partial charge in [0.25, 0.3) is 5.89 Å². The average Bonchev–Trinajstić information content (AvgIpc) is 3.48. The van der Waals surface area contributed by atoms with Crippen molar-refractivity contribution in [2.24, 2.45) is 5.92 Å². The molecule has 1 saturated carbocycles. The van der Waals surface area contributed by atoms with Crippen LogP contribution in [0.1, 0.15) is 63.2 Å². The Morgan fingerprint density at radius 2 is 1.82 bits per heavy atom. The first kappa shape index (κ1) is 25.7. The first-order valence-electron chi connectivity index (χ1n) is 11.3. The number of thiol groups is 1. The lowest BCUT2D eigenvalue weighted by Gasteiger charge is -2.31. The summed E-state index contributed by atoms with van der Waals surface area (Å²) in [4.78, 5) is 42.1. The van der Waals surface area contributed by atoms with Crippen molar-refractivity contribution in [1.29, 1.82) is 0 Å². The van der Waals surface area contributed by atoms with Crippen molar-refractivity contribution in [2.45, 2.75) is 83.1 Å². The van der Waals surface area contributed by atoms with Crippen LogP contribution in [0.5, 0.6) is 0 Å². The molecule has 1 unspecified atom stereocenters. The molecular weight excluding hydrogens is 462 g/mol. The molecule has 2 aromatic rings. The van der Waals surface area contributed by atoms with E-state index in [1.165, 1.54) is 0 Å². The summed E-state index contributed by atoms with van der Waals surface area (Å²) in [5, 5.41) is 22.3. The lowest BCUT2D eigenvalue weighted by molar-refractivity contribution is -0.143. The van der Waals surface area contributed by atoms with Crippen LogP contribution in [0.3, 0.4) is 0 Å². The van der Waals surface area contributed by atoms with E-state index in [0.717, 1.165) is 12.8 Å². The second-order valence-corrected chi connectivity index (χ2v) is 9.83. The van der Waals surface area contributed by atoms with Gasteiger partial charge in [0.15, 0.2) is 5.82 Å². The summed E-state index contributed by atoms with van der Waals surface area (Å²) in [7, 11) is 0. The molecule has 2 aromatic heterocycles. The van der Waals surface area contributed by atoms with E-state index >= 15 is 0 Å². The largest absolute Gasteiger partial charge is 0.480 e. The summed E-state index contributed by atoms with van der Waals surface area (Å²) in [6.45, 7) is 7.40. The highest BCUT2D eigenvalue weighted by Gasteiger charge is 2.44. The van der Waals surface area contributed by atoms with Crippen LogP contribution >= 0.6 is 12.6 Å². The van der Waals surface area contributed by atoms with E-state index in [9.17, 15) is 19.5 Å². The number of hydrogen-bond donors (Lipinski definition) is 4. The van der Waals surface area contributed by atoms with Gasteiger partial charge in [-0.1, -0.05) is 37.0 Å². The van der Waals surface area contributed by atoms with E-state index in [1.807, 2.05) is 13.8 Å². The molecule has 12 heteroatoms. The van der Waals surface area contributed by atoms with Crippen LogP contribution in [0.15, 0.2) is 9.05 Å². The van der Waals surface area contributed by atoms with Crippen LogP contribution in [0.4, 0.5) is 0 Å². The topological polar surface area (TPSA) is 160 Å². The fourth-order valence-corrected chi connectivity index (χ4v) is 4.65. The molecule has 1 fully saturated rings. The smallest absolute Gasteiger partial charge is 0.326 e. The van der Waals surface area contributed by atoms with Gasteiger partial charge >= 0.3 is 5.97 Å². The fraction of sp³-hybridized carbons (Fsp3) is 0.636. The van der Waals surface area contributed by atoms with Gasteiger partial charge in [-0.3, -0.25) is 9.59 Å². The molecule has 2 atom stereocenters. The molecule has 3 rings (SSSR count). The SMILES string of the molecule is Cc1noc(C)c1-c1nc(CC(NC(=O)C2(NC(=O)[C@@H](S)CC(C)C)CCCC2)C(=O)O)no1. The number of carbonyl (C=O) groups is 3. The number of rotatable bonds is 10. The van der Waals surface area contributed by atoms with Crippen LogP contribution in [0, 0.1) is 19.8 Å². The molecule has 0 saturated heterocycles. The Labute approximate surface area is 202 Å². The Bertz CT molecular complexity index is 1020. The molecule has 0 aromatic carbocycles. The predicted molar refractivity (Wildman–Crippen MR) is 124 cm³/mol. The van der Waals surface area contributed by atoms with Crippen LogP contribution in [-0.4, -0.2) is 55.0 Å². The number of hydrogen-bond acceptors (Lipinski definition) is 9. The van der Waals surface area contributed by atoms with Crippen LogP contribution in [0.2, 0.25) is 0 Å². The number of carbonyl (C=O) groups excluding carboxylic acids is 2. The molecule has 3 N–H and O–H groups in total. The van der Waals surface area contributed by atoms with E-state index in [4.69, 9.17) is 9.05 Å². The van der Waals surface area contributed by atoms with Gasteiger partial charge in [0.05, 0.1) is 10.9 Å². The summed E-state index contributed by atoms with van der Waals surface area (Å²) in [6.07, 6.45) is 2.72. The van der Waals surface area contributed by atoms with E-state index in [2.05, 4.69) is 38.6 Å². The summed E-state index contributed by atoms with van der Waals surface area (Å²) < 4.78 is 10.4. The number of carboxylic acid groups (broad SMARTS) is 1. The van der Waals surface area contributed by atoms with Crippen molar-refractivity contribution in [3.63, 3.8) is 0 Å². The quantitative estimate of drug-likeness (QED) is 0.364. The van der Waals surface area contributed by atoms with Crippen molar-refractivity contribution in [1.82, 2.24) is 25.9 Å². The lowest BCUT2D eigenvalue weighted by atomic mass is 9.94. The van der Waals surface area contributed by atoms with Crippen LogP contribution < -0.4 is 10.6 Å². The molecular formula is C22H31N5O6S. The second-order valence-electron chi connectivity index (χ2n) is 9.21. The molecule has 1 aliphatic carbocycles. The third-order valence-electron chi connectivity index (χ3n) is 5.96. The molecule has 0 bridgehead atoms. The lowest BCUT2D eigenvalue weighted by Crippen LogP contribution is -2.61. The molecule has 11 nitrogen and oxygen atoms in total. The summed E-state index contributed by atoms with van der Waals surface area (Å²) in [6, 6.07) is -1.31. The number of aliphatic carboxylic acids is 1. The molecule has 1 aliphatic rings. The maximum atomic E-state index is 13.2. The van der Waals surface area contributed by atoms with Crippen molar-refractivity contribution >= 4 is 30.4 Å². The Morgan fingerprint density at radius 1 is 1.15 bits per heavy atom. The van der Waals surface area contributed by atoms with Crippen LogP contribution in [-0.2, 0) is 20.8 Å². The Hall–Kier alpha value is -2.89. The number of aryl methyl sites for hydroxylation is 2. The predicted octanol–water partition coefficient (Wildman–Crippen LogP) is 2.23. The van der Waals surface area contributed by atoms with Crippen molar-refractivity contribution in [2.75, 3.05) is 0 Å². The van der Waals surface area contributed by atoms with Crippen LogP contribution in [0.25, 0.3) is 11.5 Å². The molecule has 0 aliphatic heterocycles. The van der Waals surface area contributed by atoms with Crippen molar-refractivity contribution in [3.8, 4) is 11.5 Å². The summed E-state index contributed by atoms with van der Waals surface area (Å²) in [5.41, 5.74) is -0.0540. The van der Waals surface area contributed by atoms with Gasteiger partial charge in [0, 0.05) is 6.42 Å². The third kappa shape index (κ3) is 5.78. The van der Waals surface area contributed by atoms with Crippen molar-refractivity contribution in [3.05, 3.63) is 17.3 Å². The highest BCUT2D eigenvalue weighted by atomic mass is 32.1. The Balaban J connectivity index is 1.72. The van der Waals surface area contributed by atoms with Crippen molar-refractivity contribution < 1.29 is 28.5 Å². The molecule has 186 valence electrons. The number of carboxylic acids is 1. The number of nitrogens with zero attached hydrogens (tertiary/aromatic N) is 3. The van der Waals surface area contributed by atoms with E-state index < -0.39 is 28.7 Å². The highest BCUT2D eigenvalue weighted by Crippen LogP contribution is 2.31. The summed E-state index contributed by atoms with van der Waals surface area (Å²) in [5.74, 6) is -1.08. The third-order valence-corrected chi connectivity index (χ3v) is 6.40.